The Bertz CT molecular complexity index is 926. The topological polar surface area (TPSA) is 39.4 Å². The average molecular weight is 327 g/mol. The van der Waals surface area contributed by atoms with Gasteiger partial charge in [-0.15, -0.1) is 0 Å². The first-order chi connectivity index (χ1) is 11.0. The highest BCUT2D eigenvalue weighted by Gasteiger charge is 2.12. The molecule has 0 amide bonds. The quantitative estimate of drug-likeness (QED) is 0.496. The van der Waals surface area contributed by atoms with E-state index in [1.54, 1.807) is 12.1 Å². The zero-order chi connectivity index (χ0) is 16.4. The van der Waals surface area contributed by atoms with Crippen LogP contribution in [-0.2, 0) is 0 Å². The van der Waals surface area contributed by atoms with Crippen LogP contribution in [0.2, 0.25) is 5.02 Å². The molecule has 3 rings (SSSR count). The summed E-state index contributed by atoms with van der Waals surface area (Å²) in [5.41, 5.74) is 2.62. The maximum Gasteiger partial charge on any atom is 0.336 e. The molecule has 0 spiro atoms. The van der Waals surface area contributed by atoms with Crippen LogP contribution in [0.1, 0.15) is 6.92 Å². The fourth-order valence-electron chi connectivity index (χ4n) is 2.33. The monoisotopic (exact) mass is 326 g/mol. The van der Waals surface area contributed by atoms with Crippen LogP contribution in [0.5, 0.6) is 5.75 Å². The molecule has 0 aliphatic carbocycles. The van der Waals surface area contributed by atoms with E-state index >= 15 is 0 Å². The Labute approximate surface area is 138 Å². The maximum absolute atomic E-state index is 11.9. The summed E-state index contributed by atoms with van der Waals surface area (Å²) in [4.78, 5) is 11.9. The number of benzene rings is 2. The van der Waals surface area contributed by atoms with E-state index in [0.29, 0.717) is 23.0 Å². The van der Waals surface area contributed by atoms with Gasteiger partial charge in [0.1, 0.15) is 17.9 Å². The zero-order valence-corrected chi connectivity index (χ0v) is 13.4. The van der Waals surface area contributed by atoms with Gasteiger partial charge in [-0.05, 0) is 29.7 Å². The summed E-state index contributed by atoms with van der Waals surface area (Å²) in [5, 5.41) is 1.23. The maximum atomic E-state index is 11.9. The molecule has 0 unspecified atom stereocenters. The van der Waals surface area contributed by atoms with E-state index < -0.39 is 5.63 Å². The summed E-state index contributed by atoms with van der Waals surface area (Å²) in [6.45, 7) is 6.01. The molecule has 116 valence electrons. The summed E-state index contributed by atoms with van der Waals surface area (Å²) in [7, 11) is 0. The van der Waals surface area contributed by atoms with Gasteiger partial charge in [-0.1, -0.05) is 48.5 Å². The summed E-state index contributed by atoms with van der Waals surface area (Å²) >= 11 is 6.31. The van der Waals surface area contributed by atoms with Crippen molar-refractivity contribution in [3.8, 4) is 16.9 Å². The fourth-order valence-corrected chi connectivity index (χ4v) is 2.55. The molecule has 0 aliphatic rings. The first kappa shape index (κ1) is 15.4. The van der Waals surface area contributed by atoms with Crippen molar-refractivity contribution in [1.82, 2.24) is 0 Å². The molecule has 0 radical (unpaired) electrons. The van der Waals surface area contributed by atoms with Crippen LogP contribution in [0, 0.1) is 0 Å². The molecule has 4 heteroatoms. The van der Waals surface area contributed by atoms with Crippen molar-refractivity contribution < 1.29 is 9.15 Å². The van der Waals surface area contributed by atoms with Gasteiger partial charge in [0.05, 0.1) is 5.02 Å². The minimum Gasteiger partial charge on any atom is -0.488 e. The van der Waals surface area contributed by atoms with E-state index in [-0.39, 0.29) is 0 Å². The molecule has 23 heavy (non-hydrogen) atoms. The third kappa shape index (κ3) is 3.30. The van der Waals surface area contributed by atoms with E-state index in [4.69, 9.17) is 20.8 Å². The lowest BCUT2D eigenvalue weighted by molar-refractivity contribution is 0.352. The van der Waals surface area contributed by atoms with Gasteiger partial charge in [0, 0.05) is 17.5 Å². The van der Waals surface area contributed by atoms with Crippen molar-refractivity contribution in [2.24, 2.45) is 0 Å². The lowest BCUT2D eigenvalue weighted by atomic mass is 10.0. The third-order valence-electron chi connectivity index (χ3n) is 3.36. The van der Waals surface area contributed by atoms with Gasteiger partial charge in [-0.3, -0.25) is 0 Å². The molecule has 2 aromatic carbocycles. The predicted molar refractivity (Wildman–Crippen MR) is 93.2 cm³/mol. The van der Waals surface area contributed by atoms with Crippen molar-refractivity contribution in [2.75, 3.05) is 6.61 Å². The number of fused-ring (bicyclic) bond motifs is 1. The zero-order valence-electron chi connectivity index (χ0n) is 12.6. The Morgan fingerprint density at radius 1 is 1.22 bits per heavy atom. The normalized spacial score (nSPS) is 10.7. The van der Waals surface area contributed by atoms with Crippen LogP contribution >= 0.6 is 11.6 Å². The van der Waals surface area contributed by atoms with Gasteiger partial charge < -0.3 is 9.15 Å². The van der Waals surface area contributed by atoms with Crippen LogP contribution in [-0.4, -0.2) is 6.61 Å². The third-order valence-corrected chi connectivity index (χ3v) is 3.65. The second kappa shape index (κ2) is 6.31. The highest BCUT2D eigenvalue weighted by Crippen LogP contribution is 2.34. The minimum absolute atomic E-state index is 0.355. The van der Waals surface area contributed by atoms with E-state index in [9.17, 15) is 4.79 Å². The second-order valence-electron chi connectivity index (χ2n) is 5.37. The molecule has 0 bridgehead atoms. The van der Waals surface area contributed by atoms with E-state index in [0.717, 1.165) is 22.1 Å². The Morgan fingerprint density at radius 3 is 2.65 bits per heavy atom. The smallest absolute Gasteiger partial charge is 0.336 e. The Morgan fingerprint density at radius 2 is 1.96 bits per heavy atom. The average Bonchev–Trinajstić information content (AvgIpc) is 2.53. The van der Waals surface area contributed by atoms with Gasteiger partial charge >= 0.3 is 5.63 Å². The highest BCUT2D eigenvalue weighted by molar-refractivity contribution is 6.33. The molecule has 3 aromatic rings. The van der Waals surface area contributed by atoms with Gasteiger partial charge in [-0.2, -0.15) is 0 Å². The number of hydrogen-bond donors (Lipinski definition) is 0. The van der Waals surface area contributed by atoms with Crippen LogP contribution in [0.15, 0.2) is 69.9 Å². The lowest BCUT2D eigenvalue weighted by Crippen LogP contribution is -2.01. The molecular formula is C19H15ClO3. The number of halogens is 1. The summed E-state index contributed by atoms with van der Waals surface area (Å²) < 4.78 is 10.9. The molecule has 0 aliphatic heterocycles. The summed E-state index contributed by atoms with van der Waals surface area (Å²) in [6.07, 6.45) is 0. The predicted octanol–water partition coefficient (Wildman–Crippen LogP) is 5.07. The van der Waals surface area contributed by atoms with Crippen LogP contribution in [0.3, 0.4) is 0 Å². The van der Waals surface area contributed by atoms with Gasteiger partial charge in [0.15, 0.2) is 0 Å². The first-order valence-corrected chi connectivity index (χ1v) is 7.52. The van der Waals surface area contributed by atoms with Gasteiger partial charge in [0.2, 0.25) is 0 Å². The highest BCUT2D eigenvalue weighted by atomic mass is 35.5. The van der Waals surface area contributed by atoms with Crippen LogP contribution in [0.25, 0.3) is 22.1 Å². The van der Waals surface area contributed by atoms with E-state index in [2.05, 4.69) is 6.58 Å². The second-order valence-corrected chi connectivity index (χ2v) is 5.78. The Kier molecular flexibility index (Phi) is 4.22. The lowest BCUT2D eigenvalue weighted by Gasteiger charge is -2.11. The SMILES string of the molecule is C=C(C)COc1cc2oc(=O)cc(-c3ccccc3)c2cc1Cl. The summed E-state index contributed by atoms with van der Waals surface area (Å²) in [5.74, 6) is 0.468. The molecule has 1 aromatic heterocycles. The van der Waals surface area contributed by atoms with Crippen molar-refractivity contribution >= 4 is 22.6 Å². The molecule has 0 atom stereocenters. The van der Waals surface area contributed by atoms with Crippen LogP contribution < -0.4 is 10.4 Å². The Balaban J connectivity index is 2.18. The van der Waals surface area contributed by atoms with E-state index in [1.165, 1.54) is 6.07 Å². The van der Waals surface area contributed by atoms with Crippen molar-refractivity contribution in [2.45, 2.75) is 6.92 Å². The Hall–Kier alpha value is -2.52. The standard InChI is InChI=1S/C19H15ClO3/c1-12(2)11-22-18-10-17-15(8-16(18)20)14(9-19(21)23-17)13-6-4-3-5-7-13/h3-10H,1,11H2,2H3. The van der Waals surface area contributed by atoms with Crippen molar-refractivity contribution in [1.29, 1.82) is 0 Å². The molecular weight excluding hydrogens is 312 g/mol. The minimum atomic E-state index is -0.412. The molecule has 0 saturated heterocycles. The fraction of sp³-hybridized carbons (Fsp3) is 0.105. The summed E-state index contributed by atoms with van der Waals surface area (Å²) in [6, 6.07) is 14.5. The molecule has 0 N–H and O–H groups in total. The largest absolute Gasteiger partial charge is 0.488 e. The van der Waals surface area contributed by atoms with E-state index in [1.807, 2.05) is 37.3 Å². The molecule has 3 nitrogen and oxygen atoms in total. The molecule has 0 saturated carbocycles. The molecule has 1 heterocycles. The number of hydrogen-bond acceptors (Lipinski definition) is 3. The van der Waals surface area contributed by atoms with Crippen molar-refractivity contribution in [3.05, 3.63) is 76.1 Å². The number of ether oxygens (including phenoxy) is 1. The van der Waals surface area contributed by atoms with Gasteiger partial charge in [-0.25, -0.2) is 4.79 Å². The van der Waals surface area contributed by atoms with Crippen LogP contribution in [0.4, 0.5) is 0 Å². The first-order valence-electron chi connectivity index (χ1n) is 7.14. The number of rotatable bonds is 4. The van der Waals surface area contributed by atoms with Crippen molar-refractivity contribution in [3.63, 3.8) is 0 Å². The molecule has 0 fully saturated rings. The van der Waals surface area contributed by atoms with Gasteiger partial charge in [0.25, 0.3) is 0 Å².